The summed E-state index contributed by atoms with van der Waals surface area (Å²) in [6, 6.07) is 8.24. The summed E-state index contributed by atoms with van der Waals surface area (Å²) in [5, 5.41) is 3.25. The maximum absolute atomic E-state index is 12.2. The molecule has 0 aromatic heterocycles. The Kier molecular flexibility index (Phi) is 5.03. The number of cyclic esters (lactones) is 1. The van der Waals surface area contributed by atoms with E-state index in [0.717, 1.165) is 23.8 Å². The predicted molar refractivity (Wildman–Crippen MR) is 107 cm³/mol. The van der Waals surface area contributed by atoms with Gasteiger partial charge in [0.15, 0.2) is 0 Å². The van der Waals surface area contributed by atoms with Gasteiger partial charge in [-0.2, -0.15) is 11.8 Å². The van der Waals surface area contributed by atoms with E-state index in [1.54, 1.807) is 4.90 Å². The quantitative estimate of drug-likeness (QED) is 0.796. The van der Waals surface area contributed by atoms with Crippen molar-refractivity contribution in [3.8, 4) is 0 Å². The molecule has 1 N–H and O–H groups in total. The van der Waals surface area contributed by atoms with Gasteiger partial charge in [0.1, 0.15) is 6.10 Å². The van der Waals surface area contributed by atoms with Crippen LogP contribution in [0.3, 0.4) is 0 Å². The SMILES string of the molecule is O=C1O[C@@H](CNC(=S)C2CC2)CN1c1ccc(N2CCSCC2)cc1. The highest BCUT2D eigenvalue weighted by molar-refractivity contribution is 7.99. The van der Waals surface area contributed by atoms with Crippen LogP contribution < -0.4 is 15.1 Å². The van der Waals surface area contributed by atoms with Gasteiger partial charge in [0.05, 0.1) is 18.1 Å². The molecular formula is C18H23N3O2S2. The molecule has 2 aliphatic heterocycles. The van der Waals surface area contributed by atoms with E-state index in [2.05, 4.69) is 22.3 Å². The topological polar surface area (TPSA) is 44.8 Å². The minimum absolute atomic E-state index is 0.150. The van der Waals surface area contributed by atoms with Gasteiger partial charge in [-0.1, -0.05) is 12.2 Å². The first kappa shape index (κ1) is 17.0. The van der Waals surface area contributed by atoms with Crippen LogP contribution in [0.4, 0.5) is 16.2 Å². The third kappa shape index (κ3) is 4.03. The van der Waals surface area contributed by atoms with E-state index in [9.17, 15) is 4.79 Å². The van der Waals surface area contributed by atoms with E-state index < -0.39 is 0 Å². The van der Waals surface area contributed by atoms with Crippen molar-refractivity contribution in [2.45, 2.75) is 18.9 Å². The summed E-state index contributed by atoms with van der Waals surface area (Å²) in [7, 11) is 0. The number of rotatable bonds is 5. The Morgan fingerprint density at radius 1 is 1.20 bits per heavy atom. The number of carbonyl (C=O) groups excluding carboxylic acids is 1. The average Bonchev–Trinajstić information content (AvgIpc) is 3.44. The molecule has 2 saturated heterocycles. The molecule has 0 spiro atoms. The molecule has 1 aromatic carbocycles. The second-order valence-corrected chi connectivity index (χ2v) is 8.42. The fourth-order valence-corrected chi connectivity index (χ4v) is 4.43. The van der Waals surface area contributed by atoms with E-state index >= 15 is 0 Å². The summed E-state index contributed by atoms with van der Waals surface area (Å²) in [6.45, 7) is 3.34. The Morgan fingerprint density at radius 2 is 1.88 bits per heavy atom. The van der Waals surface area contributed by atoms with Gasteiger partial charge in [-0.25, -0.2) is 4.79 Å². The fourth-order valence-electron chi connectivity index (χ4n) is 3.21. The number of anilines is 2. The van der Waals surface area contributed by atoms with E-state index in [1.165, 1.54) is 30.0 Å². The molecule has 1 aliphatic carbocycles. The molecule has 7 heteroatoms. The van der Waals surface area contributed by atoms with E-state index in [0.29, 0.717) is 19.0 Å². The molecule has 5 nitrogen and oxygen atoms in total. The van der Waals surface area contributed by atoms with E-state index in [-0.39, 0.29) is 12.2 Å². The fraction of sp³-hybridized carbons (Fsp3) is 0.556. The summed E-state index contributed by atoms with van der Waals surface area (Å²) in [5.41, 5.74) is 2.12. The Morgan fingerprint density at radius 3 is 2.56 bits per heavy atom. The van der Waals surface area contributed by atoms with Crippen LogP contribution in [0.2, 0.25) is 0 Å². The number of nitrogens with one attached hydrogen (secondary N) is 1. The lowest BCUT2D eigenvalue weighted by Gasteiger charge is -2.28. The number of hydrogen-bond acceptors (Lipinski definition) is 5. The lowest BCUT2D eigenvalue weighted by atomic mass is 10.2. The molecule has 1 amide bonds. The zero-order valence-corrected chi connectivity index (χ0v) is 15.8. The van der Waals surface area contributed by atoms with Crippen molar-refractivity contribution in [2.24, 2.45) is 5.92 Å². The van der Waals surface area contributed by atoms with Gasteiger partial charge >= 0.3 is 6.09 Å². The number of ether oxygens (including phenoxy) is 1. The number of thioether (sulfide) groups is 1. The van der Waals surface area contributed by atoms with Crippen LogP contribution in [0.25, 0.3) is 0 Å². The number of thiocarbonyl (C=S) groups is 1. The van der Waals surface area contributed by atoms with Crippen LogP contribution in [0.5, 0.6) is 0 Å². The normalized spacial score (nSPS) is 23.5. The maximum atomic E-state index is 12.2. The third-order valence-electron chi connectivity index (χ3n) is 4.86. The molecule has 1 aromatic rings. The molecule has 1 saturated carbocycles. The van der Waals surface area contributed by atoms with Crippen molar-refractivity contribution < 1.29 is 9.53 Å². The molecule has 134 valence electrons. The van der Waals surface area contributed by atoms with Crippen molar-refractivity contribution >= 4 is 46.4 Å². The number of nitrogens with zero attached hydrogens (tertiary/aromatic N) is 2. The van der Waals surface area contributed by atoms with Gasteiger partial charge in [-0.3, -0.25) is 4.90 Å². The Balaban J connectivity index is 1.34. The van der Waals surface area contributed by atoms with Gasteiger partial charge in [-0.05, 0) is 37.1 Å². The van der Waals surface area contributed by atoms with Crippen LogP contribution in [0, 0.1) is 5.92 Å². The Labute approximate surface area is 158 Å². The zero-order chi connectivity index (χ0) is 17.2. The summed E-state index contributed by atoms with van der Waals surface area (Å²) in [6.07, 6.45) is 1.95. The lowest BCUT2D eigenvalue weighted by Crippen LogP contribution is -2.34. The molecule has 1 atom stereocenters. The first-order valence-corrected chi connectivity index (χ1v) is 10.5. The Bertz CT molecular complexity index is 642. The number of hydrogen-bond donors (Lipinski definition) is 1. The van der Waals surface area contributed by atoms with Crippen LogP contribution in [-0.4, -0.2) is 54.9 Å². The molecular weight excluding hydrogens is 354 g/mol. The largest absolute Gasteiger partial charge is 0.442 e. The smallest absolute Gasteiger partial charge is 0.414 e. The van der Waals surface area contributed by atoms with Gasteiger partial charge in [0, 0.05) is 41.9 Å². The number of carbonyl (C=O) groups is 1. The minimum Gasteiger partial charge on any atom is -0.442 e. The molecule has 2 heterocycles. The van der Waals surface area contributed by atoms with Gasteiger partial charge in [0.2, 0.25) is 0 Å². The summed E-state index contributed by atoms with van der Waals surface area (Å²) < 4.78 is 5.48. The molecule has 4 rings (SSSR count). The first-order chi connectivity index (χ1) is 12.2. The maximum Gasteiger partial charge on any atom is 0.414 e. The van der Waals surface area contributed by atoms with Crippen LogP contribution >= 0.6 is 24.0 Å². The second kappa shape index (κ2) is 7.41. The predicted octanol–water partition coefficient (Wildman–Crippen LogP) is 2.89. The average molecular weight is 378 g/mol. The zero-order valence-electron chi connectivity index (χ0n) is 14.1. The van der Waals surface area contributed by atoms with Crippen molar-refractivity contribution in [3.05, 3.63) is 24.3 Å². The van der Waals surface area contributed by atoms with Crippen molar-refractivity contribution in [3.63, 3.8) is 0 Å². The summed E-state index contributed by atoms with van der Waals surface area (Å²) in [5.74, 6) is 2.90. The highest BCUT2D eigenvalue weighted by atomic mass is 32.2. The standard InChI is InChI=1S/C18H23N3O2S2/c22-18-21(12-16(23-18)11-19-17(24)13-1-2-13)15-5-3-14(4-6-15)20-7-9-25-10-8-20/h3-6,13,16H,1-2,7-12H2,(H,19,24)/t16-/m0/s1. The molecule has 0 bridgehead atoms. The monoisotopic (exact) mass is 377 g/mol. The number of benzene rings is 1. The van der Waals surface area contributed by atoms with Gasteiger partial charge < -0.3 is 15.0 Å². The first-order valence-electron chi connectivity index (χ1n) is 8.89. The van der Waals surface area contributed by atoms with E-state index in [4.69, 9.17) is 17.0 Å². The summed E-state index contributed by atoms with van der Waals surface area (Å²) in [4.78, 5) is 17.2. The molecule has 0 radical (unpaired) electrons. The molecule has 3 aliphatic rings. The van der Waals surface area contributed by atoms with Gasteiger partial charge in [0.25, 0.3) is 0 Å². The highest BCUT2D eigenvalue weighted by Crippen LogP contribution is 2.30. The van der Waals surface area contributed by atoms with E-state index in [1.807, 2.05) is 23.9 Å². The molecule has 0 unspecified atom stereocenters. The lowest BCUT2D eigenvalue weighted by molar-refractivity contribution is 0.143. The van der Waals surface area contributed by atoms with Gasteiger partial charge in [-0.15, -0.1) is 0 Å². The highest BCUT2D eigenvalue weighted by Gasteiger charge is 2.33. The molecule has 3 fully saturated rings. The number of amides is 1. The third-order valence-corrected chi connectivity index (χ3v) is 6.28. The van der Waals surface area contributed by atoms with Crippen molar-refractivity contribution in [1.29, 1.82) is 0 Å². The second-order valence-electron chi connectivity index (χ2n) is 6.75. The van der Waals surface area contributed by atoms with Crippen molar-refractivity contribution in [1.82, 2.24) is 5.32 Å². The van der Waals surface area contributed by atoms with Crippen LogP contribution in [0.1, 0.15) is 12.8 Å². The van der Waals surface area contributed by atoms with Crippen molar-refractivity contribution in [2.75, 3.05) is 47.5 Å². The van der Waals surface area contributed by atoms with Crippen LogP contribution in [0.15, 0.2) is 24.3 Å². The van der Waals surface area contributed by atoms with Crippen LogP contribution in [-0.2, 0) is 4.74 Å². The Hall–Kier alpha value is -1.47. The summed E-state index contributed by atoms with van der Waals surface area (Å²) >= 11 is 7.34. The minimum atomic E-state index is -0.272. The molecule has 25 heavy (non-hydrogen) atoms.